The van der Waals surface area contributed by atoms with Gasteiger partial charge in [0.2, 0.25) is 0 Å². The Morgan fingerprint density at radius 1 is 1.36 bits per heavy atom. The Kier molecular flexibility index (Phi) is 2.25. The van der Waals surface area contributed by atoms with Crippen LogP contribution < -0.4 is 4.90 Å². The van der Waals surface area contributed by atoms with Gasteiger partial charge in [0.25, 0.3) is 0 Å². The summed E-state index contributed by atoms with van der Waals surface area (Å²) in [7, 11) is 3.99. The molecule has 0 saturated heterocycles. The molecule has 0 aliphatic heterocycles. The zero-order chi connectivity index (χ0) is 10.1. The van der Waals surface area contributed by atoms with Crippen molar-refractivity contribution in [2.24, 2.45) is 0 Å². The SMILES string of the molecule is CN(C)c1ccc2scc(C=O)c2c1. The number of carbonyl (C=O) groups excluding carboxylic acids is 1. The molecule has 2 nitrogen and oxygen atoms in total. The molecule has 0 atom stereocenters. The van der Waals surface area contributed by atoms with Crippen molar-refractivity contribution >= 4 is 33.4 Å². The van der Waals surface area contributed by atoms with E-state index in [0.717, 1.165) is 27.6 Å². The summed E-state index contributed by atoms with van der Waals surface area (Å²) in [5, 5.41) is 2.95. The number of nitrogens with zero attached hydrogens (tertiary/aromatic N) is 1. The second-order valence-electron chi connectivity index (χ2n) is 3.38. The van der Waals surface area contributed by atoms with Crippen LogP contribution in [0.3, 0.4) is 0 Å². The van der Waals surface area contributed by atoms with Gasteiger partial charge in [-0.05, 0) is 18.2 Å². The molecule has 0 unspecified atom stereocenters. The van der Waals surface area contributed by atoms with Gasteiger partial charge in [0.05, 0.1) is 0 Å². The second-order valence-corrected chi connectivity index (χ2v) is 4.30. The van der Waals surface area contributed by atoms with E-state index in [1.807, 2.05) is 24.4 Å². The molecule has 72 valence electrons. The lowest BCUT2D eigenvalue weighted by atomic mass is 10.1. The van der Waals surface area contributed by atoms with E-state index < -0.39 is 0 Å². The fourth-order valence-electron chi connectivity index (χ4n) is 1.41. The van der Waals surface area contributed by atoms with E-state index in [1.165, 1.54) is 0 Å². The summed E-state index contributed by atoms with van der Waals surface area (Å²) in [6.07, 6.45) is 0.915. The fourth-order valence-corrected chi connectivity index (χ4v) is 2.29. The maximum Gasteiger partial charge on any atom is 0.151 e. The largest absolute Gasteiger partial charge is 0.378 e. The first-order valence-electron chi connectivity index (χ1n) is 4.36. The quantitative estimate of drug-likeness (QED) is 0.703. The van der Waals surface area contributed by atoms with E-state index in [2.05, 4.69) is 18.2 Å². The minimum absolute atomic E-state index is 0.786. The minimum atomic E-state index is 0.786. The van der Waals surface area contributed by atoms with Gasteiger partial charge in [0, 0.05) is 40.8 Å². The number of thiophene rings is 1. The smallest absolute Gasteiger partial charge is 0.151 e. The Morgan fingerprint density at radius 2 is 2.14 bits per heavy atom. The molecular formula is C11H11NOS. The van der Waals surface area contributed by atoms with Crippen LogP contribution in [0.4, 0.5) is 5.69 Å². The zero-order valence-corrected chi connectivity index (χ0v) is 8.97. The lowest BCUT2D eigenvalue weighted by Gasteiger charge is -2.11. The first-order chi connectivity index (χ1) is 6.72. The third kappa shape index (κ3) is 1.40. The van der Waals surface area contributed by atoms with Gasteiger partial charge in [-0.3, -0.25) is 4.79 Å². The molecule has 0 radical (unpaired) electrons. The van der Waals surface area contributed by atoms with Crippen LogP contribution in [0.25, 0.3) is 10.1 Å². The molecule has 0 fully saturated rings. The number of anilines is 1. The number of rotatable bonds is 2. The fraction of sp³-hybridized carbons (Fsp3) is 0.182. The first-order valence-corrected chi connectivity index (χ1v) is 5.24. The van der Waals surface area contributed by atoms with Crippen LogP contribution in [0.1, 0.15) is 10.4 Å². The molecule has 0 aliphatic carbocycles. The standard InChI is InChI=1S/C11H11NOS/c1-12(2)9-3-4-11-10(5-9)8(6-13)7-14-11/h3-7H,1-2H3. The molecule has 0 aliphatic rings. The van der Waals surface area contributed by atoms with E-state index in [9.17, 15) is 4.79 Å². The van der Waals surface area contributed by atoms with Crippen LogP contribution in [-0.2, 0) is 0 Å². The van der Waals surface area contributed by atoms with Gasteiger partial charge in [-0.15, -0.1) is 11.3 Å². The van der Waals surface area contributed by atoms with Crippen molar-refractivity contribution in [3.05, 3.63) is 29.1 Å². The Hall–Kier alpha value is -1.35. The molecule has 0 bridgehead atoms. The molecule has 14 heavy (non-hydrogen) atoms. The molecule has 0 N–H and O–H groups in total. The Morgan fingerprint density at radius 3 is 2.79 bits per heavy atom. The van der Waals surface area contributed by atoms with Gasteiger partial charge < -0.3 is 4.90 Å². The number of hydrogen-bond acceptors (Lipinski definition) is 3. The molecule has 0 amide bonds. The van der Waals surface area contributed by atoms with Crippen molar-refractivity contribution in [3.8, 4) is 0 Å². The summed E-state index contributed by atoms with van der Waals surface area (Å²) in [4.78, 5) is 12.8. The average molecular weight is 205 g/mol. The third-order valence-electron chi connectivity index (χ3n) is 2.23. The van der Waals surface area contributed by atoms with E-state index in [4.69, 9.17) is 0 Å². The molecule has 2 aromatic rings. The highest BCUT2D eigenvalue weighted by Crippen LogP contribution is 2.28. The highest BCUT2D eigenvalue weighted by Gasteiger charge is 2.04. The van der Waals surface area contributed by atoms with E-state index in [0.29, 0.717) is 0 Å². The lowest BCUT2D eigenvalue weighted by molar-refractivity contribution is 0.112. The van der Waals surface area contributed by atoms with Crippen molar-refractivity contribution in [1.82, 2.24) is 0 Å². The van der Waals surface area contributed by atoms with Crippen LogP contribution in [-0.4, -0.2) is 20.4 Å². The molecule has 0 spiro atoms. The van der Waals surface area contributed by atoms with Gasteiger partial charge >= 0.3 is 0 Å². The third-order valence-corrected chi connectivity index (χ3v) is 3.21. The Labute approximate surface area is 86.8 Å². The summed E-state index contributed by atoms with van der Waals surface area (Å²) in [5.74, 6) is 0. The van der Waals surface area contributed by atoms with Crippen molar-refractivity contribution in [2.45, 2.75) is 0 Å². The normalized spacial score (nSPS) is 10.4. The van der Waals surface area contributed by atoms with Crippen molar-refractivity contribution in [1.29, 1.82) is 0 Å². The minimum Gasteiger partial charge on any atom is -0.378 e. The summed E-state index contributed by atoms with van der Waals surface area (Å²) in [6.45, 7) is 0. The van der Waals surface area contributed by atoms with Crippen LogP contribution in [0, 0.1) is 0 Å². The van der Waals surface area contributed by atoms with E-state index >= 15 is 0 Å². The molecule has 1 aromatic carbocycles. The highest BCUT2D eigenvalue weighted by atomic mass is 32.1. The van der Waals surface area contributed by atoms with Gasteiger partial charge in [-0.25, -0.2) is 0 Å². The van der Waals surface area contributed by atoms with E-state index in [1.54, 1.807) is 11.3 Å². The maximum absolute atomic E-state index is 10.8. The lowest BCUT2D eigenvalue weighted by Crippen LogP contribution is -2.07. The predicted octanol–water partition coefficient (Wildman–Crippen LogP) is 2.78. The zero-order valence-electron chi connectivity index (χ0n) is 8.15. The summed E-state index contributed by atoms with van der Waals surface area (Å²) in [6, 6.07) is 6.17. The Bertz CT molecular complexity index is 473. The van der Waals surface area contributed by atoms with Gasteiger partial charge in [0.15, 0.2) is 6.29 Å². The van der Waals surface area contributed by atoms with Crippen molar-refractivity contribution in [3.63, 3.8) is 0 Å². The van der Waals surface area contributed by atoms with Crippen molar-refractivity contribution in [2.75, 3.05) is 19.0 Å². The number of fused-ring (bicyclic) bond motifs is 1. The number of carbonyl (C=O) groups is 1. The molecule has 1 aromatic heterocycles. The molecule has 3 heteroatoms. The van der Waals surface area contributed by atoms with Crippen molar-refractivity contribution < 1.29 is 4.79 Å². The number of aldehydes is 1. The molecule has 2 rings (SSSR count). The van der Waals surface area contributed by atoms with Gasteiger partial charge in [-0.1, -0.05) is 0 Å². The van der Waals surface area contributed by atoms with Gasteiger partial charge in [-0.2, -0.15) is 0 Å². The topological polar surface area (TPSA) is 20.3 Å². The van der Waals surface area contributed by atoms with Crippen LogP contribution in [0.2, 0.25) is 0 Å². The monoisotopic (exact) mass is 205 g/mol. The Balaban J connectivity index is 2.67. The van der Waals surface area contributed by atoms with E-state index in [-0.39, 0.29) is 0 Å². The average Bonchev–Trinajstić information content (AvgIpc) is 2.59. The van der Waals surface area contributed by atoms with Gasteiger partial charge in [0.1, 0.15) is 0 Å². The number of hydrogen-bond donors (Lipinski definition) is 0. The second kappa shape index (κ2) is 3.42. The van der Waals surface area contributed by atoms with Crippen LogP contribution in [0.15, 0.2) is 23.6 Å². The van der Waals surface area contributed by atoms with Crippen LogP contribution >= 0.6 is 11.3 Å². The predicted molar refractivity (Wildman–Crippen MR) is 61.5 cm³/mol. The first kappa shape index (κ1) is 9.21. The molecule has 1 heterocycles. The number of benzene rings is 1. The molecule has 0 saturated carbocycles. The molecular weight excluding hydrogens is 194 g/mol. The summed E-state index contributed by atoms with van der Waals surface area (Å²) < 4.78 is 1.16. The maximum atomic E-state index is 10.8. The van der Waals surface area contributed by atoms with Crippen LogP contribution in [0.5, 0.6) is 0 Å². The highest BCUT2D eigenvalue weighted by molar-refractivity contribution is 7.17. The summed E-state index contributed by atoms with van der Waals surface area (Å²) >= 11 is 1.61. The summed E-state index contributed by atoms with van der Waals surface area (Å²) in [5.41, 5.74) is 1.91.